The summed E-state index contributed by atoms with van der Waals surface area (Å²) in [4.78, 5) is 2.75. The third-order valence-corrected chi connectivity index (χ3v) is 4.45. The topological polar surface area (TPSA) is 9.23 Å². The third kappa shape index (κ3) is 6.03. The molecule has 0 aliphatic carbocycles. The maximum absolute atomic E-state index is 5.97. The predicted octanol–water partition coefficient (Wildman–Crippen LogP) is 5.48. The van der Waals surface area contributed by atoms with Gasteiger partial charge in [-0.05, 0) is 38.3 Å². The SMILES string of the molecule is CCC(OCCCCCCBr)c1ccc(C)s1. The molecule has 1 nitrogen and oxygen atoms in total. The van der Waals surface area contributed by atoms with Crippen LogP contribution in [-0.2, 0) is 4.74 Å². The van der Waals surface area contributed by atoms with Crippen molar-refractivity contribution in [1.29, 1.82) is 0 Å². The average molecular weight is 319 g/mol. The number of alkyl halides is 1. The molecule has 0 radical (unpaired) electrons. The molecule has 0 amide bonds. The number of halogens is 1. The summed E-state index contributed by atoms with van der Waals surface area (Å²) in [5.41, 5.74) is 0. The second-order valence-corrected chi connectivity index (χ2v) is 6.43. The van der Waals surface area contributed by atoms with Crippen molar-refractivity contribution in [2.24, 2.45) is 0 Å². The first-order valence-electron chi connectivity index (χ1n) is 6.51. The molecule has 1 atom stereocenters. The third-order valence-electron chi connectivity index (χ3n) is 2.80. The van der Waals surface area contributed by atoms with Gasteiger partial charge >= 0.3 is 0 Å². The van der Waals surface area contributed by atoms with E-state index >= 15 is 0 Å². The van der Waals surface area contributed by atoms with E-state index in [1.54, 1.807) is 0 Å². The summed E-state index contributed by atoms with van der Waals surface area (Å²) in [7, 11) is 0. The number of hydrogen-bond acceptors (Lipinski definition) is 2. The number of ether oxygens (including phenoxy) is 1. The van der Waals surface area contributed by atoms with Crippen LogP contribution >= 0.6 is 27.3 Å². The standard InChI is InChI=1S/C14H23BrOS/c1-3-13(14-9-8-12(2)17-14)16-11-7-5-4-6-10-15/h8-9,13H,3-7,10-11H2,1-2H3. The van der Waals surface area contributed by atoms with Crippen molar-refractivity contribution in [2.75, 3.05) is 11.9 Å². The number of thiophene rings is 1. The zero-order chi connectivity index (χ0) is 12.5. The van der Waals surface area contributed by atoms with Crippen LogP contribution in [0.4, 0.5) is 0 Å². The van der Waals surface area contributed by atoms with Gasteiger partial charge in [0.1, 0.15) is 0 Å². The summed E-state index contributed by atoms with van der Waals surface area (Å²) >= 11 is 5.32. The van der Waals surface area contributed by atoms with Gasteiger partial charge in [0, 0.05) is 21.7 Å². The molecule has 0 fully saturated rings. The van der Waals surface area contributed by atoms with Crippen LogP contribution in [0.5, 0.6) is 0 Å². The number of hydrogen-bond donors (Lipinski definition) is 0. The van der Waals surface area contributed by atoms with E-state index < -0.39 is 0 Å². The highest BCUT2D eigenvalue weighted by molar-refractivity contribution is 9.09. The van der Waals surface area contributed by atoms with Gasteiger partial charge in [-0.25, -0.2) is 0 Å². The van der Waals surface area contributed by atoms with Crippen LogP contribution in [-0.4, -0.2) is 11.9 Å². The van der Waals surface area contributed by atoms with E-state index in [-0.39, 0.29) is 0 Å². The van der Waals surface area contributed by atoms with Gasteiger partial charge in [-0.3, -0.25) is 0 Å². The maximum atomic E-state index is 5.97. The zero-order valence-electron chi connectivity index (χ0n) is 10.9. The molecule has 1 aromatic heterocycles. The highest BCUT2D eigenvalue weighted by Gasteiger charge is 2.11. The Morgan fingerprint density at radius 2 is 2.00 bits per heavy atom. The molecule has 0 spiro atoms. The molecule has 0 aliphatic rings. The van der Waals surface area contributed by atoms with Crippen molar-refractivity contribution >= 4 is 27.3 Å². The Kier molecular flexibility index (Phi) is 8.15. The largest absolute Gasteiger partial charge is 0.373 e. The van der Waals surface area contributed by atoms with E-state index in [2.05, 4.69) is 41.9 Å². The highest BCUT2D eigenvalue weighted by Crippen LogP contribution is 2.28. The lowest BCUT2D eigenvalue weighted by Gasteiger charge is -2.14. The molecule has 17 heavy (non-hydrogen) atoms. The normalized spacial score (nSPS) is 12.9. The first-order chi connectivity index (χ1) is 8.27. The van der Waals surface area contributed by atoms with E-state index in [0.29, 0.717) is 6.10 Å². The predicted molar refractivity (Wildman–Crippen MR) is 80.3 cm³/mol. The van der Waals surface area contributed by atoms with Gasteiger partial charge in [-0.15, -0.1) is 11.3 Å². The Hall–Kier alpha value is 0.140. The van der Waals surface area contributed by atoms with Gasteiger partial charge in [0.05, 0.1) is 6.10 Å². The van der Waals surface area contributed by atoms with Gasteiger partial charge < -0.3 is 4.74 Å². The summed E-state index contributed by atoms with van der Waals surface area (Å²) in [6.45, 7) is 5.25. The van der Waals surface area contributed by atoms with Crippen LogP contribution in [0.15, 0.2) is 12.1 Å². The van der Waals surface area contributed by atoms with Crippen molar-refractivity contribution in [3.63, 3.8) is 0 Å². The Bertz CT molecular complexity index is 298. The van der Waals surface area contributed by atoms with Gasteiger partial charge in [0.15, 0.2) is 0 Å². The second kappa shape index (κ2) is 9.12. The second-order valence-electron chi connectivity index (χ2n) is 4.32. The fraction of sp³-hybridized carbons (Fsp3) is 0.714. The molecule has 98 valence electrons. The van der Waals surface area contributed by atoms with Crippen LogP contribution < -0.4 is 0 Å². The van der Waals surface area contributed by atoms with Crippen LogP contribution in [0.3, 0.4) is 0 Å². The summed E-state index contributed by atoms with van der Waals surface area (Å²) in [5.74, 6) is 0. The van der Waals surface area contributed by atoms with Gasteiger partial charge in [0.2, 0.25) is 0 Å². The quantitative estimate of drug-likeness (QED) is 0.432. The lowest BCUT2D eigenvalue weighted by molar-refractivity contribution is 0.0497. The molecular weight excluding hydrogens is 296 g/mol. The molecule has 0 saturated heterocycles. The fourth-order valence-electron chi connectivity index (χ4n) is 1.80. The highest BCUT2D eigenvalue weighted by atomic mass is 79.9. The number of unbranched alkanes of at least 4 members (excludes halogenated alkanes) is 3. The van der Waals surface area contributed by atoms with Crippen molar-refractivity contribution in [2.45, 2.75) is 52.1 Å². The van der Waals surface area contributed by atoms with Crippen molar-refractivity contribution in [1.82, 2.24) is 0 Å². The van der Waals surface area contributed by atoms with Gasteiger partial charge in [0.25, 0.3) is 0 Å². The molecule has 0 aliphatic heterocycles. The Labute approximate surface area is 118 Å². The zero-order valence-corrected chi connectivity index (χ0v) is 13.3. The molecule has 1 unspecified atom stereocenters. The molecule has 0 saturated carbocycles. The van der Waals surface area contributed by atoms with Gasteiger partial charge in [-0.2, -0.15) is 0 Å². The minimum absolute atomic E-state index is 0.310. The Balaban J connectivity index is 2.19. The molecule has 1 heterocycles. The average Bonchev–Trinajstić information content (AvgIpc) is 2.75. The Morgan fingerprint density at radius 3 is 2.59 bits per heavy atom. The molecule has 1 rings (SSSR count). The smallest absolute Gasteiger partial charge is 0.0914 e. The number of aryl methyl sites for hydroxylation is 1. The molecule has 0 aromatic carbocycles. The van der Waals surface area contributed by atoms with Crippen LogP contribution in [0, 0.1) is 6.92 Å². The van der Waals surface area contributed by atoms with E-state index in [9.17, 15) is 0 Å². The molecule has 1 aromatic rings. The summed E-state index contributed by atoms with van der Waals surface area (Å²) < 4.78 is 5.97. The van der Waals surface area contributed by atoms with E-state index in [1.807, 2.05) is 11.3 Å². The maximum Gasteiger partial charge on any atom is 0.0914 e. The minimum atomic E-state index is 0.310. The first kappa shape index (κ1) is 15.2. The molecular formula is C14H23BrOS. The lowest BCUT2D eigenvalue weighted by atomic mass is 10.2. The van der Waals surface area contributed by atoms with Crippen molar-refractivity contribution in [3.8, 4) is 0 Å². The Morgan fingerprint density at radius 1 is 1.24 bits per heavy atom. The van der Waals surface area contributed by atoms with E-state index in [4.69, 9.17) is 4.74 Å². The van der Waals surface area contributed by atoms with E-state index in [0.717, 1.165) is 18.4 Å². The van der Waals surface area contributed by atoms with Crippen LogP contribution in [0.1, 0.15) is 54.9 Å². The van der Waals surface area contributed by atoms with Crippen molar-refractivity contribution < 1.29 is 4.74 Å². The summed E-state index contributed by atoms with van der Waals surface area (Å²) in [6.07, 6.45) is 6.44. The van der Waals surface area contributed by atoms with Crippen LogP contribution in [0.25, 0.3) is 0 Å². The number of rotatable bonds is 9. The monoisotopic (exact) mass is 318 g/mol. The molecule has 0 N–H and O–H groups in total. The minimum Gasteiger partial charge on any atom is -0.373 e. The van der Waals surface area contributed by atoms with Gasteiger partial charge in [-0.1, -0.05) is 35.7 Å². The fourth-order valence-corrected chi connectivity index (χ4v) is 3.21. The summed E-state index contributed by atoms with van der Waals surface area (Å²) in [5, 5.41) is 1.12. The first-order valence-corrected chi connectivity index (χ1v) is 8.45. The summed E-state index contributed by atoms with van der Waals surface area (Å²) in [6, 6.07) is 4.39. The lowest BCUT2D eigenvalue weighted by Crippen LogP contribution is -2.03. The van der Waals surface area contributed by atoms with Crippen molar-refractivity contribution in [3.05, 3.63) is 21.9 Å². The molecule has 3 heteroatoms. The van der Waals surface area contributed by atoms with Crippen LogP contribution in [0.2, 0.25) is 0 Å². The van der Waals surface area contributed by atoms with E-state index in [1.165, 1.54) is 35.4 Å². The molecule has 0 bridgehead atoms.